The molecule has 144 valence electrons. The molecule has 1 N–H and O–H groups in total. The number of halogens is 1. The molecule has 0 aliphatic heterocycles. The van der Waals surface area contributed by atoms with Gasteiger partial charge in [0.2, 0.25) is 0 Å². The Kier molecular flexibility index (Phi) is 5.30. The van der Waals surface area contributed by atoms with Gasteiger partial charge in [-0.05, 0) is 63.2 Å². The van der Waals surface area contributed by atoms with Gasteiger partial charge in [-0.3, -0.25) is 4.98 Å². The van der Waals surface area contributed by atoms with Crippen molar-refractivity contribution in [2.45, 2.75) is 32.4 Å². The minimum Gasteiger partial charge on any atom is -0.366 e. The molecule has 0 unspecified atom stereocenters. The number of aromatic nitrogens is 3. The highest BCUT2D eigenvalue weighted by atomic mass is 19.1. The van der Waals surface area contributed by atoms with Crippen LogP contribution >= 0.6 is 0 Å². The lowest BCUT2D eigenvalue weighted by molar-refractivity contribution is 0.392. The lowest BCUT2D eigenvalue weighted by Crippen LogP contribution is -2.13. The fraction of sp³-hybridized carbons (Fsp3) is 0.318. The van der Waals surface area contributed by atoms with Crippen LogP contribution in [0.3, 0.4) is 0 Å². The molecule has 0 fully saturated rings. The van der Waals surface area contributed by atoms with Crippen LogP contribution in [-0.4, -0.2) is 33.9 Å². The fourth-order valence-electron chi connectivity index (χ4n) is 3.59. The monoisotopic (exact) mass is 377 g/mol. The van der Waals surface area contributed by atoms with Crippen LogP contribution < -0.4 is 5.32 Å². The van der Waals surface area contributed by atoms with E-state index in [1.165, 1.54) is 5.56 Å². The van der Waals surface area contributed by atoms with Crippen LogP contribution in [0, 0.1) is 5.82 Å². The van der Waals surface area contributed by atoms with Crippen LogP contribution in [0.5, 0.6) is 0 Å². The van der Waals surface area contributed by atoms with Crippen LogP contribution in [-0.2, 0) is 25.9 Å². The molecule has 2 heterocycles. The average molecular weight is 377 g/mol. The van der Waals surface area contributed by atoms with Crippen LogP contribution in [0.15, 0.2) is 42.7 Å². The molecule has 0 saturated carbocycles. The van der Waals surface area contributed by atoms with E-state index >= 15 is 0 Å². The Morgan fingerprint density at radius 2 is 1.89 bits per heavy atom. The lowest BCUT2D eigenvalue weighted by atomic mass is 10.1. The predicted octanol–water partition coefficient (Wildman–Crippen LogP) is 3.84. The van der Waals surface area contributed by atoms with Gasteiger partial charge in [0.1, 0.15) is 11.6 Å². The van der Waals surface area contributed by atoms with Gasteiger partial charge in [0.05, 0.1) is 0 Å². The van der Waals surface area contributed by atoms with E-state index in [0.717, 1.165) is 47.7 Å². The highest BCUT2D eigenvalue weighted by Gasteiger charge is 2.20. The first-order valence-electron chi connectivity index (χ1n) is 9.56. The van der Waals surface area contributed by atoms with Crippen LogP contribution in [0.25, 0.3) is 11.4 Å². The second kappa shape index (κ2) is 8.02. The molecule has 1 aliphatic carbocycles. The van der Waals surface area contributed by atoms with Crippen molar-refractivity contribution in [1.82, 2.24) is 19.9 Å². The number of hydrogen-bond donors (Lipinski definition) is 1. The topological polar surface area (TPSA) is 53.9 Å². The zero-order valence-electron chi connectivity index (χ0n) is 16.2. The molecule has 1 aliphatic rings. The molecule has 0 bridgehead atoms. The summed E-state index contributed by atoms with van der Waals surface area (Å²) in [5, 5.41) is 3.47. The van der Waals surface area contributed by atoms with Crippen LogP contribution in [0.1, 0.15) is 28.8 Å². The first-order chi connectivity index (χ1) is 13.6. The third kappa shape index (κ3) is 4.02. The van der Waals surface area contributed by atoms with E-state index in [9.17, 15) is 4.39 Å². The highest BCUT2D eigenvalue weighted by Crippen LogP contribution is 2.29. The number of aryl methyl sites for hydroxylation is 1. The largest absolute Gasteiger partial charge is 0.366 e. The molecule has 4 rings (SSSR count). The van der Waals surface area contributed by atoms with Gasteiger partial charge >= 0.3 is 0 Å². The Labute approximate surface area is 164 Å². The molecule has 0 atom stereocenters. The van der Waals surface area contributed by atoms with Crippen LogP contribution in [0.2, 0.25) is 0 Å². The summed E-state index contributed by atoms with van der Waals surface area (Å²) < 4.78 is 14.0. The molecule has 0 saturated heterocycles. The smallest absolute Gasteiger partial charge is 0.161 e. The summed E-state index contributed by atoms with van der Waals surface area (Å²) in [6.45, 7) is 1.18. The first kappa shape index (κ1) is 18.5. The first-order valence-corrected chi connectivity index (χ1v) is 9.56. The minimum absolute atomic E-state index is 0.166. The second-order valence-corrected chi connectivity index (χ2v) is 7.43. The number of benzene rings is 1. The number of anilines is 1. The Morgan fingerprint density at radius 1 is 1.07 bits per heavy atom. The summed E-state index contributed by atoms with van der Waals surface area (Å²) in [4.78, 5) is 15.6. The van der Waals surface area contributed by atoms with Crippen molar-refractivity contribution in [3.8, 4) is 11.4 Å². The van der Waals surface area contributed by atoms with Gasteiger partial charge in [-0.25, -0.2) is 14.4 Å². The maximum absolute atomic E-state index is 14.0. The molecule has 5 nitrogen and oxygen atoms in total. The van der Waals surface area contributed by atoms with Gasteiger partial charge in [0.15, 0.2) is 5.82 Å². The molecular weight excluding hydrogens is 353 g/mol. The Bertz CT molecular complexity index is 972. The van der Waals surface area contributed by atoms with E-state index in [2.05, 4.69) is 10.3 Å². The Morgan fingerprint density at radius 3 is 2.68 bits per heavy atom. The molecule has 0 amide bonds. The Balaban J connectivity index is 1.59. The van der Waals surface area contributed by atoms with Crippen molar-refractivity contribution in [2.24, 2.45) is 0 Å². The number of rotatable bonds is 6. The molecule has 1 aromatic carbocycles. The third-order valence-electron chi connectivity index (χ3n) is 4.93. The zero-order chi connectivity index (χ0) is 19.5. The van der Waals surface area contributed by atoms with E-state index in [0.29, 0.717) is 18.7 Å². The van der Waals surface area contributed by atoms with E-state index in [-0.39, 0.29) is 5.82 Å². The van der Waals surface area contributed by atoms with Gasteiger partial charge in [-0.1, -0.05) is 6.07 Å². The highest BCUT2D eigenvalue weighted by molar-refractivity contribution is 5.60. The van der Waals surface area contributed by atoms with Crippen molar-refractivity contribution < 1.29 is 4.39 Å². The third-order valence-corrected chi connectivity index (χ3v) is 4.93. The molecule has 3 aromatic rings. The van der Waals surface area contributed by atoms with Gasteiger partial charge < -0.3 is 10.2 Å². The number of nitrogens with zero attached hydrogens (tertiary/aromatic N) is 4. The second-order valence-electron chi connectivity index (χ2n) is 7.43. The average Bonchev–Trinajstić information content (AvgIpc) is 3.17. The van der Waals surface area contributed by atoms with Crippen molar-refractivity contribution >= 4 is 5.82 Å². The number of hydrogen-bond acceptors (Lipinski definition) is 5. The van der Waals surface area contributed by atoms with Gasteiger partial charge in [-0.2, -0.15) is 0 Å². The summed E-state index contributed by atoms with van der Waals surface area (Å²) in [6, 6.07) is 9.14. The normalized spacial score (nSPS) is 13.0. The molecule has 0 spiro atoms. The van der Waals surface area contributed by atoms with E-state index in [4.69, 9.17) is 9.97 Å². The molecule has 6 heteroatoms. The van der Waals surface area contributed by atoms with Gasteiger partial charge in [0.25, 0.3) is 0 Å². The van der Waals surface area contributed by atoms with E-state index in [1.807, 2.05) is 43.3 Å². The van der Waals surface area contributed by atoms with Crippen molar-refractivity contribution in [3.05, 3.63) is 70.9 Å². The van der Waals surface area contributed by atoms with E-state index < -0.39 is 0 Å². The summed E-state index contributed by atoms with van der Waals surface area (Å²) in [7, 11) is 3.88. The van der Waals surface area contributed by atoms with Crippen molar-refractivity contribution in [1.29, 1.82) is 0 Å². The van der Waals surface area contributed by atoms with Crippen molar-refractivity contribution in [3.63, 3.8) is 0 Å². The summed E-state index contributed by atoms with van der Waals surface area (Å²) in [5.74, 6) is 1.44. The molecule has 0 radical (unpaired) electrons. The minimum atomic E-state index is -0.166. The number of fused-ring (bicyclic) bond motifs is 1. The van der Waals surface area contributed by atoms with Crippen LogP contribution in [0.4, 0.5) is 10.2 Å². The van der Waals surface area contributed by atoms with Gasteiger partial charge in [0, 0.05) is 47.9 Å². The predicted molar refractivity (Wildman–Crippen MR) is 108 cm³/mol. The maximum Gasteiger partial charge on any atom is 0.161 e. The van der Waals surface area contributed by atoms with E-state index in [1.54, 1.807) is 18.5 Å². The molecular formula is C22H24FN5. The fourth-order valence-corrected chi connectivity index (χ4v) is 3.59. The molecule has 2 aromatic heterocycles. The Hall–Kier alpha value is -2.86. The zero-order valence-corrected chi connectivity index (χ0v) is 16.2. The van der Waals surface area contributed by atoms with Gasteiger partial charge in [-0.15, -0.1) is 0 Å². The maximum atomic E-state index is 14.0. The number of nitrogens with one attached hydrogen (secondary N) is 1. The standard InChI is InChI=1S/C22H24FN5/c1-28(2)14-17-12-15(6-7-19(17)23)13-25-22-18-4-3-5-20(18)26-21(27-22)16-8-10-24-11-9-16/h6-12H,3-5,13-14H2,1-2H3,(H,25,26,27). The molecule has 28 heavy (non-hydrogen) atoms. The number of pyridine rings is 1. The quantitative estimate of drug-likeness (QED) is 0.707. The SMILES string of the molecule is CN(C)Cc1cc(CNc2nc(-c3ccncc3)nc3c2CCC3)ccc1F. The summed E-state index contributed by atoms with van der Waals surface area (Å²) in [6.07, 6.45) is 6.58. The van der Waals surface area contributed by atoms with Crippen molar-refractivity contribution in [2.75, 3.05) is 19.4 Å². The summed E-state index contributed by atoms with van der Waals surface area (Å²) >= 11 is 0. The lowest BCUT2D eigenvalue weighted by Gasteiger charge is -2.14. The summed E-state index contributed by atoms with van der Waals surface area (Å²) in [5.41, 5.74) is 5.02.